The van der Waals surface area contributed by atoms with Crippen molar-refractivity contribution in [3.8, 4) is 11.8 Å². The molecule has 0 saturated carbocycles. The highest BCUT2D eigenvalue weighted by molar-refractivity contribution is 5.59. The van der Waals surface area contributed by atoms with Crippen molar-refractivity contribution in [1.29, 1.82) is 5.26 Å². The van der Waals surface area contributed by atoms with E-state index in [1.54, 1.807) is 0 Å². The van der Waals surface area contributed by atoms with Crippen molar-refractivity contribution >= 4 is 6.08 Å². The minimum atomic E-state index is 0.0223. The van der Waals surface area contributed by atoms with Crippen LogP contribution in [0.5, 0.6) is 5.75 Å². The zero-order chi connectivity index (χ0) is 15.4. The lowest BCUT2D eigenvalue weighted by Crippen LogP contribution is -2.35. The first-order valence-electron chi connectivity index (χ1n) is 7.18. The second-order valence-electron chi connectivity index (χ2n) is 5.08. The molecule has 0 bridgehead atoms. The number of hydrogen-bond acceptors (Lipinski definition) is 4. The Morgan fingerprint density at radius 3 is 2.68 bits per heavy atom. The monoisotopic (exact) mass is 291 g/mol. The van der Waals surface area contributed by atoms with Crippen LogP contribution in [0.2, 0.25) is 0 Å². The summed E-state index contributed by atoms with van der Waals surface area (Å²) in [6.45, 7) is 0. The Hall–Kier alpha value is -2.77. The van der Waals surface area contributed by atoms with E-state index in [4.69, 9.17) is 10.00 Å². The van der Waals surface area contributed by atoms with Crippen LogP contribution in [0.25, 0.3) is 6.08 Å². The van der Waals surface area contributed by atoms with E-state index in [1.165, 1.54) is 5.56 Å². The highest BCUT2D eigenvalue weighted by Gasteiger charge is 2.19. The number of rotatable bonds is 4. The molecule has 0 radical (unpaired) electrons. The lowest BCUT2D eigenvalue weighted by atomic mass is 10.0. The molecule has 110 valence electrons. The van der Waals surface area contributed by atoms with Gasteiger partial charge in [-0.15, -0.1) is 0 Å². The predicted molar refractivity (Wildman–Crippen MR) is 85.7 cm³/mol. The van der Waals surface area contributed by atoms with Gasteiger partial charge in [-0.1, -0.05) is 36.4 Å². The molecule has 0 spiro atoms. The fourth-order valence-electron chi connectivity index (χ4n) is 2.49. The molecule has 0 aliphatic carbocycles. The summed E-state index contributed by atoms with van der Waals surface area (Å²) in [6, 6.07) is 17.9. The quantitative estimate of drug-likeness (QED) is 0.909. The van der Waals surface area contributed by atoms with Gasteiger partial charge in [-0.3, -0.25) is 5.32 Å². The molecule has 1 aliphatic rings. The average molecular weight is 291 g/mol. The Balaban J connectivity index is 1.81. The molecule has 0 saturated heterocycles. The molecule has 4 heteroatoms. The standard InChI is InChI=1S/C18H17N3O/c1-20-18-16-5-3-2-4-14(16)12-17(21-18)22-15-8-6-13(7-9-15)10-11-19/h2-9,12,18,20-21H,10H2,1H3. The normalized spacial score (nSPS) is 16.0. The fraction of sp³-hybridized carbons (Fsp3) is 0.167. The van der Waals surface area contributed by atoms with Crippen LogP contribution >= 0.6 is 0 Å². The van der Waals surface area contributed by atoms with E-state index in [2.05, 4.69) is 28.8 Å². The zero-order valence-electron chi connectivity index (χ0n) is 12.3. The molecule has 2 aromatic carbocycles. The first kappa shape index (κ1) is 14.2. The van der Waals surface area contributed by atoms with Gasteiger partial charge in [0.2, 0.25) is 0 Å². The van der Waals surface area contributed by atoms with Gasteiger partial charge in [0.05, 0.1) is 12.5 Å². The van der Waals surface area contributed by atoms with Crippen LogP contribution < -0.4 is 15.4 Å². The Labute approximate surface area is 130 Å². The third-order valence-electron chi connectivity index (χ3n) is 3.60. The van der Waals surface area contributed by atoms with Crippen molar-refractivity contribution in [2.24, 2.45) is 0 Å². The maximum absolute atomic E-state index is 8.69. The molecule has 4 nitrogen and oxygen atoms in total. The van der Waals surface area contributed by atoms with E-state index in [0.717, 1.165) is 16.9 Å². The van der Waals surface area contributed by atoms with Crippen molar-refractivity contribution in [2.75, 3.05) is 7.05 Å². The van der Waals surface area contributed by atoms with Crippen molar-refractivity contribution in [3.63, 3.8) is 0 Å². The van der Waals surface area contributed by atoms with E-state index in [0.29, 0.717) is 12.3 Å². The van der Waals surface area contributed by atoms with Gasteiger partial charge in [0.1, 0.15) is 11.9 Å². The van der Waals surface area contributed by atoms with Crippen LogP contribution in [0.4, 0.5) is 0 Å². The Bertz CT molecular complexity index is 729. The number of fused-ring (bicyclic) bond motifs is 1. The molecule has 0 aromatic heterocycles. The topological polar surface area (TPSA) is 57.1 Å². The van der Waals surface area contributed by atoms with E-state index >= 15 is 0 Å². The lowest BCUT2D eigenvalue weighted by Gasteiger charge is -2.27. The van der Waals surface area contributed by atoms with E-state index in [1.807, 2.05) is 49.5 Å². The maximum atomic E-state index is 8.69. The summed E-state index contributed by atoms with van der Waals surface area (Å²) in [7, 11) is 1.91. The second kappa shape index (κ2) is 6.33. The van der Waals surface area contributed by atoms with Gasteiger partial charge in [-0.2, -0.15) is 5.26 Å². The molecule has 1 aliphatic heterocycles. The van der Waals surface area contributed by atoms with E-state index in [-0.39, 0.29) is 6.17 Å². The summed E-state index contributed by atoms with van der Waals surface area (Å²) in [6.07, 6.45) is 2.43. The average Bonchev–Trinajstić information content (AvgIpc) is 2.56. The van der Waals surface area contributed by atoms with E-state index in [9.17, 15) is 0 Å². The van der Waals surface area contributed by atoms with Crippen LogP contribution in [-0.2, 0) is 6.42 Å². The Kier molecular flexibility index (Phi) is 4.08. The molecule has 1 unspecified atom stereocenters. The zero-order valence-corrected chi connectivity index (χ0v) is 12.3. The number of nitriles is 1. The van der Waals surface area contributed by atoms with Crippen LogP contribution in [0.3, 0.4) is 0 Å². The van der Waals surface area contributed by atoms with Crippen LogP contribution in [-0.4, -0.2) is 7.05 Å². The van der Waals surface area contributed by atoms with E-state index < -0.39 is 0 Å². The third-order valence-corrected chi connectivity index (χ3v) is 3.60. The Morgan fingerprint density at radius 1 is 1.18 bits per heavy atom. The van der Waals surface area contributed by atoms with Gasteiger partial charge in [0, 0.05) is 6.08 Å². The van der Waals surface area contributed by atoms with Crippen LogP contribution in [0, 0.1) is 11.3 Å². The van der Waals surface area contributed by atoms with Gasteiger partial charge < -0.3 is 10.1 Å². The molecule has 1 atom stereocenters. The number of nitrogens with one attached hydrogen (secondary N) is 2. The predicted octanol–water partition coefficient (Wildman–Crippen LogP) is 2.95. The van der Waals surface area contributed by atoms with Gasteiger partial charge in [-0.05, 0) is 35.9 Å². The summed E-state index contributed by atoms with van der Waals surface area (Å²) < 4.78 is 5.90. The van der Waals surface area contributed by atoms with Crippen molar-refractivity contribution < 1.29 is 4.74 Å². The largest absolute Gasteiger partial charge is 0.441 e. The summed E-state index contributed by atoms with van der Waals surface area (Å²) >= 11 is 0. The molecule has 0 fully saturated rings. The first-order chi connectivity index (χ1) is 10.8. The second-order valence-corrected chi connectivity index (χ2v) is 5.08. The minimum Gasteiger partial charge on any atom is -0.441 e. The summed E-state index contributed by atoms with van der Waals surface area (Å²) in [5.74, 6) is 1.45. The molecule has 3 rings (SSSR count). The van der Waals surface area contributed by atoms with Crippen LogP contribution in [0.1, 0.15) is 22.9 Å². The van der Waals surface area contributed by atoms with Gasteiger partial charge >= 0.3 is 0 Å². The molecular weight excluding hydrogens is 274 g/mol. The molecule has 0 amide bonds. The molecule has 2 N–H and O–H groups in total. The summed E-state index contributed by atoms with van der Waals surface area (Å²) in [4.78, 5) is 0. The Morgan fingerprint density at radius 2 is 1.95 bits per heavy atom. The number of benzene rings is 2. The third kappa shape index (κ3) is 2.95. The number of nitrogens with zero attached hydrogens (tertiary/aromatic N) is 1. The molecule has 22 heavy (non-hydrogen) atoms. The fourth-order valence-corrected chi connectivity index (χ4v) is 2.49. The summed E-state index contributed by atoms with van der Waals surface area (Å²) in [5.41, 5.74) is 3.32. The molecule has 2 aromatic rings. The van der Waals surface area contributed by atoms with Gasteiger partial charge in [0.25, 0.3) is 0 Å². The SMILES string of the molecule is CNC1NC(Oc2ccc(CC#N)cc2)=Cc2ccccc21. The lowest BCUT2D eigenvalue weighted by molar-refractivity contribution is 0.343. The van der Waals surface area contributed by atoms with Crippen molar-refractivity contribution in [3.05, 3.63) is 71.1 Å². The van der Waals surface area contributed by atoms with Crippen molar-refractivity contribution in [1.82, 2.24) is 10.6 Å². The minimum absolute atomic E-state index is 0.0223. The highest BCUT2D eigenvalue weighted by Crippen LogP contribution is 2.25. The van der Waals surface area contributed by atoms with Gasteiger partial charge in [0.15, 0.2) is 5.88 Å². The molecular formula is C18H17N3O. The number of hydrogen-bond donors (Lipinski definition) is 2. The highest BCUT2D eigenvalue weighted by atomic mass is 16.5. The number of ether oxygens (including phenoxy) is 1. The van der Waals surface area contributed by atoms with Crippen molar-refractivity contribution in [2.45, 2.75) is 12.6 Å². The smallest absolute Gasteiger partial charge is 0.195 e. The maximum Gasteiger partial charge on any atom is 0.195 e. The summed E-state index contributed by atoms with van der Waals surface area (Å²) in [5, 5.41) is 15.2. The molecule has 1 heterocycles. The van der Waals surface area contributed by atoms with Crippen LogP contribution in [0.15, 0.2) is 54.4 Å². The van der Waals surface area contributed by atoms with Gasteiger partial charge in [-0.25, -0.2) is 0 Å². The first-order valence-corrected chi connectivity index (χ1v) is 7.18.